The Morgan fingerprint density at radius 3 is 2.42 bits per heavy atom. The molecule has 0 aliphatic carbocycles. The number of nitrogens with one attached hydrogen (secondary N) is 1. The van der Waals surface area contributed by atoms with Crippen LogP contribution < -0.4 is 15.8 Å². The van der Waals surface area contributed by atoms with Gasteiger partial charge in [0.1, 0.15) is 5.75 Å². The number of amides is 1. The van der Waals surface area contributed by atoms with Crippen molar-refractivity contribution in [1.82, 2.24) is 0 Å². The lowest BCUT2D eigenvalue weighted by molar-refractivity contribution is -0.116. The van der Waals surface area contributed by atoms with Gasteiger partial charge in [-0.2, -0.15) is 0 Å². The molecule has 1 amide bonds. The first-order chi connectivity index (χ1) is 11.1. The Kier molecular flexibility index (Phi) is 8.30. The standard InChI is InChI=1S/C19H24N2O2.ClH/c1-14-5-10-18(12-15(14)2)23-11-3-4-19(22)21-17-8-6-16(13-20)7-9-17;/h5-10,12H,3-4,11,13,20H2,1-2H3,(H,21,22);1H. The number of carbonyl (C=O) groups excluding carboxylic acids is 1. The predicted octanol–water partition coefficient (Wildman–Crippen LogP) is 3.98. The van der Waals surface area contributed by atoms with Crippen molar-refractivity contribution in [3.63, 3.8) is 0 Å². The van der Waals surface area contributed by atoms with E-state index in [-0.39, 0.29) is 18.3 Å². The van der Waals surface area contributed by atoms with Crippen molar-refractivity contribution in [2.75, 3.05) is 11.9 Å². The summed E-state index contributed by atoms with van der Waals surface area (Å²) in [4.78, 5) is 11.9. The highest BCUT2D eigenvalue weighted by atomic mass is 35.5. The van der Waals surface area contributed by atoms with Crippen molar-refractivity contribution in [2.24, 2.45) is 5.73 Å². The molecule has 2 aromatic rings. The molecule has 0 fully saturated rings. The summed E-state index contributed by atoms with van der Waals surface area (Å²) in [6.45, 7) is 5.17. The normalized spacial score (nSPS) is 9.96. The molecule has 0 unspecified atom stereocenters. The second-order valence-electron chi connectivity index (χ2n) is 5.65. The highest BCUT2D eigenvalue weighted by Crippen LogP contribution is 2.16. The van der Waals surface area contributed by atoms with Crippen molar-refractivity contribution in [3.05, 3.63) is 59.2 Å². The van der Waals surface area contributed by atoms with E-state index in [2.05, 4.69) is 19.2 Å². The van der Waals surface area contributed by atoms with Gasteiger partial charge in [-0.3, -0.25) is 4.79 Å². The van der Waals surface area contributed by atoms with Gasteiger partial charge in [-0.15, -0.1) is 12.4 Å². The third-order valence-electron chi connectivity index (χ3n) is 3.77. The lowest BCUT2D eigenvalue weighted by Gasteiger charge is -2.09. The van der Waals surface area contributed by atoms with Crippen molar-refractivity contribution < 1.29 is 9.53 Å². The van der Waals surface area contributed by atoms with Gasteiger partial charge in [0.15, 0.2) is 0 Å². The van der Waals surface area contributed by atoms with Gasteiger partial charge in [0.2, 0.25) is 5.91 Å². The van der Waals surface area contributed by atoms with Crippen LogP contribution in [0.15, 0.2) is 42.5 Å². The van der Waals surface area contributed by atoms with E-state index in [0.29, 0.717) is 26.0 Å². The zero-order valence-corrected chi connectivity index (χ0v) is 15.0. The Morgan fingerprint density at radius 2 is 1.79 bits per heavy atom. The van der Waals surface area contributed by atoms with Gasteiger partial charge < -0.3 is 15.8 Å². The Bertz CT molecular complexity index is 657. The zero-order valence-electron chi connectivity index (χ0n) is 14.2. The molecule has 3 N–H and O–H groups in total. The summed E-state index contributed by atoms with van der Waals surface area (Å²) in [6.07, 6.45) is 1.11. The minimum absolute atomic E-state index is 0. The Hall–Kier alpha value is -2.04. The van der Waals surface area contributed by atoms with Crippen LogP contribution in [0.5, 0.6) is 5.75 Å². The number of anilines is 1. The summed E-state index contributed by atoms with van der Waals surface area (Å²) in [7, 11) is 0. The predicted molar refractivity (Wildman–Crippen MR) is 101 cm³/mol. The van der Waals surface area contributed by atoms with Crippen LogP contribution in [0.2, 0.25) is 0 Å². The molecular formula is C19H25ClN2O2. The lowest BCUT2D eigenvalue weighted by atomic mass is 10.1. The van der Waals surface area contributed by atoms with Crippen LogP contribution in [0.25, 0.3) is 0 Å². The van der Waals surface area contributed by atoms with Gasteiger partial charge in [0, 0.05) is 18.7 Å². The fourth-order valence-electron chi connectivity index (χ4n) is 2.17. The topological polar surface area (TPSA) is 64.3 Å². The van der Waals surface area contributed by atoms with Gasteiger partial charge in [-0.25, -0.2) is 0 Å². The SMILES string of the molecule is Cc1ccc(OCCCC(=O)Nc2ccc(CN)cc2)cc1C.Cl. The van der Waals surface area contributed by atoms with Gasteiger partial charge >= 0.3 is 0 Å². The van der Waals surface area contributed by atoms with E-state index in [9.17, 15) is 4.79 Å². The second kappa shape index (κ2) is 9.96. The van der Waals surface area contributed by atoms with Crippen molar-refractivity contribution >= 4 is 24.0 Å². The third-order valence-corrected chi connectivity index (χ3v) is 3.77. The molecule has 4 nitrogen and oxygen atoms in total. The molecular weight excluding hydrogens is 324 g/mol. The Balaban J connectivity index is 0.00000288. The van der Waals surface area contributed by atoms with E-state index < -0.39 is 0 Å². The molecule has 0 aromatic heterocycles. The second-order valence-corrected chi connectivity index (χ2v) is 5.65. The molecule has 2 aromatic carbocycles. The summed E-state index contributed by atoms with van der Waals surface area (Å²) >= 11 is 0. The summed E-state index contributed by atoms with van der Waals surface area (Å²) < 4.78 is 5.68. The first-order valence-corrected chi connectivity index (χ1v) is 7.87. The maximum Gasteiger partial charge on any atom is 0.224 e. The minimum Gasteiger partial charge on any atom is -0.494 e. The van der Waals surface area contributed by atoms with Crippen LogP contribution in [0.3, 0.4) is 0 Å². The monoisotopic (exact) mass is 348 g/mol. The fraction of sp³-hybridized carbons (Fsp3) is 0.316. The molecule has 0 saturated heterocycles. The summed E-state index contributed by atoms with van der Waals surface area (Å²) in [5.74, 6) is 0.847. The maximum absolute atomic E-state index is 11.9. The van der Waals surface area contributed by atoms with Gasteiger partial charge in [0.25, 0.3) is 0 Å². The molecule has 0 saturated carbocycles. The number of halogens is 1. The minimum atomic E-state index is -0.00538. The van der Waals surface area contributed by atoms with Crippen molar-refractivity contribution in [1.29, 1.82) is 0 Å². The highest BCUT2D eigenvalue weighted by Gasteiger charge is 2.03. The van der Waals surface area contributed by atoms with Crippen LogP contribution in [-0.2, 0) is 11.3 Å². The van der Waals surface area contributed by atoms with E-state index in [4.69, 9.17) is 10.5 Å². The largest absolute Gasteiger partial charge is 0.494 e. The number of rotatable bonds is 7. The average Bonchev–Trinajstić information content (AvgIpc) is 2.55. The van der Waals surface area contributed by atoms with Crippen LogP contribution in [0.4, 0.5) is 5.69 Å². The van der Waals surface area contributed by atoms with Crippen LogP contribution >= 0.6 is 12.4 Å². The number of carbonyl (C=O) groups is 1. The van der Waals surface area contributed by atoms with Crippen LogP contribution in [0, 0.1) is 13.8 Å². The highest BCUT2D eigenvalue weighted by molar-refractivity contribution is 5.90. The van der Waals surface area contributed by atoms with E-state index >= 15 is 0 Å². The van der Waals surface area contributed by atoms with Crippen molar-refractivity contribution in [2.45, 2.75) is 33.2 Å². The smallest absolute Gasteiger partial charge is 0.224 e. The van der Waals surface area contributed by atoms with E-state index in [0.717, 1.165) is 17.0 Å². The van der Waals surface area contributed by atoms with Gasteiger partial charge in [-0.1, -0.05) is 18.2 Å². The first kappa shape index (κ1) is 20.0. The number of ether oxygens (including phenoxy) is 1. The summed E-state index contributed by atoms with van der Waals surface area (Å²) in [6, 6.07) is 13.6. The molecule has 2 rings (SSSR count). The number of benzene rings is 2. The van der Waals surface area contributed by atoms with Crippen LogP contribution in [-0.4, -0.2) is 12.5 Å². The van der Waals surface area contributed by atoms with Gasteiger partial charge in [0.05, 0.1) is 6.61 Å². The van der Waals surface area contributed by atoms with E-state index in [1.165, 1.54) is 11.1 Å². The Labute approximate surface area is 149 Å². The number of aryl methyl sites for hydroxylation is 2. The molecule has 0 bridgehead atoms. The third kappa shape index (κ3) is 6.22. The molecule has 0 aliphatic heterocycles. The quantitative estimate of drug-likeness (QED) is 0.744. The van der Waals surface area contributed by atoms with Crippen LogP contribution in [0.1, 0.15) is 29.5 Å². The van der Waals surface area contributed by atoms with E-state index in [1.54, 1.807) is 0 Å². The molecule has 0 aliphatic rings. The maximum atomic E-state index is 11.9. The molecule has 0 atom stereocenters. The van der Waals surface area contributed by atoms with Gasteiger partial charge in [-0.05, 0) is 61.2 Å². The van der Waals surface area contributed by atoms with Crippen molar-refractivity contribution in [3.8, 4) is 5.75 Å². The Morgan fingerprint density at radius 1 is 1.08 bits per heavy atom. The molecule has 0 spiro atoms. The number of hydrogen-bond donors (Lipinski definition) is 2. The first-order valence-electron chi connectivity index (χ1n) is 7.87. The number of hydrogen-bond acceptors (Lipinski definition) is 3. The number of nitrogens with two attached hydrogens (primary N) is 1. The molecule has 24 heavy (non-hydrogen) atoms. The van der Waals surface area contributed by atoms with E-state index in [1.807, 2.05) is 42.5 Å². The zero-order chi connectivity index (χ0) is 16.7. The summed E-state index contributed by atoms with van der Waals surface area (Å²) in [5, 5.41) is 2.87. The molecule has 130 valence electrons. The summed E-state index contributed by atoms with van der Waals surface area (Å²) in [5.41, 5.74) is 9.84. The average molecular weight is 349 g/mol. The molecule has 0 radical (unpaired) electrons. The molecule has 5 heteroatoms. The molecule has 0 heterocycles. The fourth-order valence-corrected chi connectivity index (χ4v) is 2.17. The lowest BCUT2D eigenvalue weighted by Crippen LogP contribution is -2.13.